The third-order valence-electron chi connectivity index (χ3n) is 3.79. The topological polar surface area (TPSA) is 47.6 Å². The van der Waals surface area contributed by atoms with E-state index >= 15 is 0 Å². The minimum atomic E-state index is -0.545. The fraction of sp³-hybridized carbons (Fsp3) is 0.350. The lowest BCUT2D eigenvalue weighted by Crippen LogP contribution is -2.36. The quantitative estimate of drug-likeness (QED) is 0.755. The van der Waals surface area contributed by atoms with Gasteiger partial charge in [-0.3, -0.25) is 4.79 Å². The molecular formula is C20H25NO3. The smallest absolute Gasteiger partial charge is 0.260 e. The maximum atomic E-state index is 12.1. The fourth-order valence-electron chi connectivity index (χ4n) is 2.33. The van der Waals surface area contributed by atoms with Crippen molar-refractivity contribution in [3.8, 4) is 11.5 Å². The van der Waals surface area contributed by atoms with Gasteiger partial charge in [-0.25, -0.2) is 0 Å². The Bertz CT molecular complexity index is 652. The minimum absolute atomic E-state index is 0.110. The van der Waals surface area contributed by atoms with Crippen molar-refractivity contribution >= 4 is 5.91 Å². The summed E-state index contributed by atoms with van der Waals surface area (Å²) in [6.07, 6.45) is 1.31. The second-order valence-corrected chi connectivity index (χ2v) is 5.82. The van der Waals surface area contributed by atoms with Crippen molar-refractivity contribution in [3.63, 3.8) is 0 Å². The molecule has 4 nitrogen and oxygen atoms in total. The number of amides is 1. The van der Waals surface area contributed by atoms with Crippen molar-refractivity contribution in [3.05, 3.63) is 59.7 Å². The second kappa shape index (κ2) is 8.96. The second-order valence-electron chi connectivity index (χ2n) is 5.82. The number of nitrogens with one attached hydrogen (secondary N) is 1. The van der Waals surface area contributed by atoms with Crippen LogP contribution in [0.1, 0.15) is 24.5 Å². The first-order chi connectivity index (χ1) is 11.6. The molecule has 24 heavy (non-hydrogen) atoms. The van der Waals surface area contributed by atoms with E-state index in [-0.39, 0.29) is 5.91 Å². The van der Waals surface area contributed by atoms with Gasteiger partial charge in [0.05, 0.1) is 7.11 Å². The van der Waals surface area contributed by atoms with E-state index in [1.54, 1.807) is 20.1 Å². The summed E-state index contributed by atoms with van der Waals surface area (Å²) in [4.78, 5) is 12.1. The maximum absolute atomic E-state index is 12.1. The molecule has 0 heterocycles. The van der Waals surface area contributed by atoms with Crippen molar-refractivity contribution in [2.24, 2.45) is 0 Å². The lowest BCUT2D eigenvalue weighted by atomic mass is 10.1. The van der Waals surface area contributed by atoms with Crippen LogP contribution in [0.25, 0.3) is 0 Å². The minimum Gasteiger partial charge on any atom is -0.497 e. The highest BCUT2D eigenvalue weighted by molar-refractivity contribution is 5.80. The Kier molecular flexibility index (Phi) is 6.67. The first kappa shape index (κ1) is 17.9. The number of rotatable bonds is 8. The summed E-state index contributed by atoms with van der Waals surface area (Å²) in [5, 5.41) is 2.92. The first-order valence-corrected chi connectivity index (χ1v) is 8.22. The molecule has 0 aliphatic heterocycles. The van der Waals surface area contributed by atoms with Gasteiger partial charge in [-0.2, -0.15) is 0 Å². The molecule has 128 valence electrons. The van der Waals surface area contributed by atoms with E-state index in [0.717, 1.165) is 12.8 Å². The van der Waals surface area contributed by atoms with Gasteiger partial charge in [0.15, 0.2) is 6.10 Å². The van der Waals surface area contributed by atoms with Gasteiger partial charge in [-0.15, -0.1) is 0 Å². The zero-order valence-electron chi connectivity index (χ0n) is 14.5. The zero-order valence-corrected chi connectivity index (χ0v) is 14.5. The van der Waals surface area contributed by atoms with E-state index in [9.17, 15) is 4.79 Å². The number of hydrogen-bond acceptors (Lipinski definition) is 3. The molecule has 0 aromatic heterocycles. The van der Waals surface area contributed by atoms with Gasteiger partial charge in [0, 0.05) is 12.6 Å². The molecule has 0 aliphatic rings. The number of ether oxygens (including phenoxy) is 2. The normalized spacial score (nSPS) is 11.6. The van der Waals surface area contributed by atoms with Crippen LogP contribution in [-0.2, 0) is 11.2 Å². The van der Waals surface area contributed by atoms with Crippen molar-refractivity contribution in [2.45, 2.75) is 32.8 Å². The Labute approximate surface area is 143 Å². The van der Waals surface area contributed by atoms with Crippen LogP contribution in [-0.4, -0.2) is 25.7 Å². The van der Waals surface area contributed by atoms with Crippen LogP contribution in [0.2, 0.25) is 0 Å². The standard InChI is InChI=1S/C20H25NO3/c1-15-9-11-17(12-10-15)6-5-13-21-20(22)16(2)24-19-8-4-7-18(14-19)23-3/h4,7-12,14,16H,5-6,13H2,1-3H3,(H,21,22)/t16-/m1/s1. The lowest BCUT2D eigenvalue weighted by molar-refractivity contribution is -0.127. The Balaban J connectivity index is 1.72. The predicted octanol–water partition coefficient (Wildman–Crippen LogP) is 3.52. The average molecular weight is 327 g/mol. The van der Waals surface area contributed by atoms with Gasteiger partial charge in [-0.05, 0) is 44.4 Å². The molecule has 0 saturated heterocycles. The van der Waals surface area contributed by atoms with Crippen LogP contribution in [0.15, 0.2) is 48.5 Å². The lowest BCUT2D eigenvalue weighted by Gasteiger charge is -2.15. The summed E-state index contributed by atoms with van der Waals surface area (Å²) >= 11 is 0. The third-order valence-corrected chi connectivity index (χ3v) is 3.79. The molecule has 0 unspecified atom stereocenters. The Morgan fingerprint density at radius 2 is 1.83 bits per heavy atom. The van der Waals surface area contributed by atoms with Gasteiger partial charge in [0.2, 0.25) is 0 Å². The highest BCUT2D eigenvalue weighted by Gasteiger charge is 2.14. The van der Waals surface area contributed by atoms with E-state index < -0.39 is 6.10 Å². The van der Waals surface area contributed by atoms with Crippen LogP contribution in [0, 0.1) is 6.92 Å². The van der Waals surface area contributed by atoms with Crippen LogP contribution < -0.4 is 14.8 Å². The summed E-state index contributed by atoms with van der Waals surface area (Å²) in [6.45, 7) is 4.46. The van der Waals surface area contributed by atoms with E-state index in [0.29, 0.717) is 18.0 Å². The molecule has 2 aromatic rings. The first-order valence-electron chi connectivity index (χ1n) is 8.22. The summed E-state index contributed by atoms with van der Waals surface area (Å²) in [5.41, 5.74) is 2.55. The van der Waals surface area contributed by atoms with Gasteiger partial charge in [0.1, 0.15) is 11.5 Å². The largest absolute Gasteiger partial charge is 0.497 e. The van der Waals surface area contributed by atoms with E-state index in [2.05, 4.69) is 36.5 Å². The number of carbonyl (C=O) groups is 1. The molecule has 0 bridgehead atoms. The van der Waals surface area contributed by atoms with Crippen molar-refractivity contribution in [1.82, 2.24) is 5.32 Å². The summed E-state index contributed by atoms with van der Waals surface area (Å²) in [7, 11) is 1.60. The Hall–Kier alpha value is -2.49. The van der Waals surface area contributed by atoms with Gasteiger partial charge < -0.3 is 14.8 Å². The van der Waals surface area contributed by atoms with E-state index in [4.69, 9.17) is 9.47 Å². The summed E-state index contributed by atoms with van der Waals surface area (Å²) in [6, 6.07) is 15.7. The molecule has 2 aromatic carbocycles. The third kappa shape index (κ3) is 5.61. The van der Waals surface area contributed by atoms with E-state index in [1.807, 2.05) is 18.2 Å². The molecule has 0 saturated carbocycles. The molecule has 0 radical (unpaired) electrons. The molecule has 1 atom stereocenters. The molecule has 2 rings (SSSR count). The highest BCUT2D eigenvalue weighted by Crippen LogP contribution is 2.19. The number of aryl methyl sites for hydroxylation is 2. The zero-order chi connectivity index (χ0) is 17.4. The molecule has 1 N–H and O–H groups in total. The highest BCUT2D eigenvalue weighted by atomic mass is 16.5. The number of benzene rings is 2. The van der Waals surface area contributed by atoms with E-state index in [1.165, 1.54) is 11.1 Å². The Morgan fingerprint density at radius 1 is 1.12 bits per heavy atom. The Morgan fingerprint density at radius 3 is 2.54 bits per heavy atom. The van der Waals surface area contributed by atoms with Crippen molar-refractivity contribution in [2.75, 3.05) is 13.7 Å². The SMILES string of the molecule is COc1cccc(O[C@H](C)C(=O)NCCCc2ccc(C)cc2)c1. The molecule has 1 amide bonds. The van der Waals surface area contributed by atoms with Crippen molar-refractivity contribution < 1.29 is 14.3 Å². The maximum Gasteiger partial charge on any atom is 0.260 e. The van der Waals surface area contributed by atoms with Crippen molar-refractivity contribution in [1.29, 1.82) is 0 Å². The van der Waals surface area contributed by atoms with Gasteiger partial charge >= 0.3 is 0 Å². The van der Waals surface area contributed by atoms with Crippen LogP contribution in [0.5, 0.6) is 11.5 Å². The molecule has 0 spiro atoms. The van der Waals surface area contributed by atoms with Gasteiger partial charge in [-0.1, -0.05) is 35.9 Å². The fourth-order valence-corrected chi connectivity index (χ4v) is 2.33. The molecular weight excluding hydrogens is 302 g/mol. The molecule has 0 fully saturated rings. The average Bonchev–Trinajstić information content (AvgIpc) is 2.60. The number of hydrogen-bond donors (Lipinski definition) is 1. The summed E-state index contributed by atoms with van der Waals surface area (Å²) in [5.74, 6) is 1.22. The van der Waals surface area contributed by atoms with Gasteiger partial charge in [0.25, 0.3) is 5.91 Å². The van der Waals surface area contributed by atoms with Crippen LogP contribution >= 0.6 is 0 Å². The van der Waals surface area contributed by atoms with Crippen LogP contribution in [0.3, 0.4) is 0 Å². The molecule has 0 aliphatic carbocycles. The summed E-state index contributed by atoms with van der Waals surface area (Å²) < 4.78 is 10.8. The number of methoxy groups -OCH3 is 1. The monoisotopic (exact) mass is 327 g/mol. The predicted molar refractivity (Wildman–Crippen MR) is 95.6 cm³/mol. The molecule has 4 heteroatoms. The van der Waals surface area contributed by atoms with Crippen LogP contribution in [0.4, 0.5) is 0 Å². The number of carbonyl (C=O) groups excluding carboxylic acids is 1.